The number of carbonyl (C=O) groups is 1. The summed E-state index contributed by atoms with van der Waals surface area (Å²) >= 11 is 0. The number of sulfonamides is 1. The zero-order valence-corrected chi connectivity index (χ0v) is 19.3. The largest absolute Gasteiger partial charge is 0.322 e. The number of non-ortho nitro benzene ring substituents is 1. The van der Waals surface area contributed by atoms with Crippen LogP contribution < -0.4 is 9.62 Å². The average molecular weight is 488 g/mol. The van der Waals surface area contributed by atoms with E-state index in [0.29, 0.717) is 11.4 Å². The molecule has 4 aromatic rings. The Morgan fingerprint density at radius 3 is 2.09 bits per heavy atom. The summed E-state index contributed by atoms with van der Waals surface area (Å²) in [5.41, 5.74) is 1.64. The van der Waals surface area contributed by atoms with E-state index >= 15 is 0 Å². The third kappa shape index (κ3) is 5.53. The van der Waals surface area contributed by atoms with Gasteiger partial charge in [0.15, 0.2) is 0 Å². The number of nitrogens with one attached hydrogen (secondary N) is 1. The van der Waals surface area contributed by atoms with Crippen molar-refractivity contribution in [3.63, 3.8) is 0 Å². The molecule has 0 atom stereocenters. The summed E-state index contributed by atoms with van der Waals surface area (Å²) < 4.78 is 28.5. The van der Waals surface area contributed by atoms with Crippen molar-refractivity contribution < 1.29 is 18.1 Å². The molecule has 0 aliphatic heterocycles. The molecule has 1 amide bonds. The normalized spacial score (nSPS) is 11.0. The molecule has 0 saturated heterocycles. The van der Waals surface area contributed by atoms with Crippen LogP contribution in [0.2, 0.25) is 0 Å². The van der Waals surface area contributed by atoms with Crippen LogP contribution in [0.15, 0.2) is 114 Å². The molecular weight excluding hydrogens is 466 g/mol. The summed E-state index contributed by atoms with van der Waals surface area (Å²) in [7, 11) is -3.92. The van der Waals surface area contributed by atoms with E-state index < -0.39 is 20.9 Å². The molecule has 4 aromatic carbocycles. The van der Waals surface area contributed by atoms with Gasteiger partial charge >= 0.3 is 0 Å². The third-order valence-electron chi connectivity index (χ3n) is 5.23. The van der Waals surface area contributed by atoms with Crippen molar-refractivity contribution in [2.75, 3.05) is 9.62 Å². The minimum absolute atomic E-state index is 0.0608. The van der Waals surface area contributed by atoms with E-state index in [1.54, 1.807) is 24.3 Å². The number of rotatable bonds is 8. The molecule has 9 heteroatoms. The average Bonchev–Trinajstić information content (AvgIpc) is 2.88. The van der Waals surface area contributed by atoms with Crippen molar-refractivity contribution in [2.45, 2.75) is 11.4 Å². The van der Waals surface area contributed by atoms with Crippen molar-refractivity contribution in [1.82, 2.24) is 0 Å². The predicted octanol–water partition coefficient (Wildman–Crippen LogP) is 5.24. The van der Waals surface area contributed by atoms with Crippen molar-refractivity contribution >= 4 is 33.0 Å². The van der Waals surface area contributed by atoms with Crippen LogP contribution in [0.25, 0.3) is 0 Å². The van der Waals surface area contributed by atoms with Gasteiger partial charge in [-0.05, 0) is 48.0 Å². The molecule has 176 valence electrons. The second-order valence-corrected chi connectivity index (χ2v) is 9.48. The molecule has 0 saturated carbocycles. The van der Waals surface area contributed by atoms with Gasteiger partial charge in [0.1, 0.15) is 0 Å². The Bertz CT molecular complexity index is 1440. The Hall–Kier alpha value is -4.50. The molecule has 0 aromatic heterocycles. The maximum absolute atomic E-state index is 13.6. The fourth-order valence-corrected chi connectivity index (χ4v) is 4.91. The number of nitrogens with zero attached hydrogens (tertiary/aromatic N) is 2. The van der Waals surface area contributed by atoms with Gasteiger partial charge in [-0.3, -0.25) is 19.2 Å². The molecule has 4 rings (SSSR count). The molecule has 0 fully saturated rings. The fraction of sp³-hybridized carbons (Fsp3) is 0.0385. The maximum Gasteiger partial charge on any atom is 0.270 e. The molecule has 35 heavy (non-hydrogen) atoms. The first-order chi connectivity index (χ1) is 16.8. The molecule has 0 bridgehead atoms. The van der Waals surface area contributed by atoms with Crippen LogP contribution in [0.5, 0.6) is 0 Å². The molecule has 0 spiro atoms. The van der Waals surface area contributed by atoms with Crippen LogP contribution in [0.1, 0.15) is 15.9 Å². The summed E-state index contributed by atoms with van der Waals surface area (Å²) in [5, 5.41) is 13.6. The minimum atomic E-state index is -3.92. The van der Waals surface area contributed by atoms with E-state index in [1.807, 2.05) is 36.4 Å². The highest BCUT2D eigenvalue weighted by atomic mass is 32.2. The van der Waals surface area contributed by atoms with Crippen molar-refractivity contribution in [2.24, 2.45) is 0 Å². The Morgan fingerprint density at radius 2 is 1.46 bits per heavy atom. The first-order valence-corrected chi connectivity index (χ1v) is 12.1. The quantitative estimate of drug-likeness (QED) is 0.270. The number of hydrogen-bond acceptors (Lipinski definition) is 5. The van der Waals surface area contributed by atoms with Crippen molar-refractivity contribution in [3.05, 3.63) is 130 Å². The zero-order chi connectivity index (χ0) is 24.8. The summed E-state index contributed by atoms with van der Waals surface area (Å²) in [4.78, 5) is 22.9. The van der Waals surface area contributed by atoms with Gasteiger partial charge in [0.2, 0.25) is 0 Å². The molecule has 8 nitrogen and oxygen atoms in total. The molecule has 0 heterocycles. The first kappa shape index (κ1) is 23.7. The number of nitro groups is 1. The van der Waals surface area contributed by atoms with E-state index in [9.17, 15) is 23.3 Å². The monoisotopic (exact) mass is 487 g/mol. The summed E-state index contributed by atoms with van der Waals surface area (Å²) in [6, 6.07) is 29.3. The van der Waals surface area contributed by atoms with Crippen LogP contribution in [0, 0.1) is 10.1 Å². The highest BCUT2D eigenvalue weighted by Gasteiger charge is 2.25. The SMILES string of the molecule is O=C(Nc1ccc(S(=O)(=O)N(Cc2ccccc2)c2ccccc2)cc1)c1cccc([N+](=O)[O-])c1. The predicted molar refractivity (Wildman–Crippen MR) is 134 cm³/mol. The number of hydrogen-bond donors (Lipinski definition) is 1. The van der Waals surface area contributed by atoms with Gasteiger partial charge < -0.3 is 5.32 Å². The van der Waals surface area contributed by atoms with Gasteiger partial charge in [0.25, 0.3) is 21.6 Å². The van der Waals surface area contributed by atoms with E-state index in [1.165, 1.54) is 52.8 Å². The lowest BCUT2D eigenvalue weighted by Gasteiger charge is -2.25. The zero-order valence-electron chi connectivity index (χ0n) is 18.4. The van der Waals surface area contributed by atoms with Crippen LogP contribution >= 0.6 is 0 Å². The fourth-order valence-electron chi connectivity index (χ4n) is 3.46. The van der Waals surface area contributed by atoms with Crippen LogP contribution in [0.3, 0.4) is 0 Å². The van der Waals surface area contributed by atoms with Gasteiger partial charge in [0, 0.05) is 23.4 Å². The lowest BCUT2D eigenvalue weighted by molar-refractivity contribution is -0.384. The Morgan fingerprint density at radius 1 is 0.829 bits per heavy atom. The lowest BCUT2D eigenvalue weighted by Crippen LogP contribution is -2.30. The molecular formula is C26H21N3O5S. The highest BCUT2D eigenvalue weighted by molar-refractivity contribution is 7.92. The molecule has 1 N–H and O–H groups in total. The van der Waals surface area contributed by atoms with Gasteiger partial charge in [-0.2, -0.15) is 0 Å². The smallest absolute Gasteiger partial charge is 0.270 e. The summed E-state index contributed by atoms with van der Waals surface area (Å²) in [6.07, 6.45) is 0. The number of amides is 1. The Balaban J connectivity index is 1.58. The number of para-hydroxylation sites is 1. The van der Waals surface area contributed by atoms with Gasteiger partial charge in [-0.1, -0.05) is 54.6 Å². The third-order valence-corrected chi connectivity index (χ3v) is 7.02. The van der Waals surface area contributed by atoms with E-state index in [0.717, 1.165) is 5.56 Å². The van der Waals surface area contributed by atoms with Crippen molar-refractivity contribution in [3.8, 4) is 0 Å². The van der Waals surface area contributed by atoms with Gasteiger partial charge in [-0.25, -0.2) is 8.42 Å². The maximum atomic E-state index is 13.6. The molecule has 0 unspecified atom stereocenters. The van der Waals surface area contributed by atoms with Crippen LogP contribution in [-0.2, 0) is 16.6 Å². The topological polar surface area (TPSA) is 110 Å². The Kier molecular flexibility index (Phi) is 6.88. The van der Waals surface area contributed by atoms with Crippen molar-refractivity contribution in [1.29, 1.82) is 0 Å². The second-order valence-electron chi connectivity index (χ2n) is 7.62. The molecule has 0 aliphatic carbocycles. The summed E-state index contributed by atoms with van der Waals surface area (Å²) in [6.45, 7) is 0.151. The second kappa shape index (κ2) is 10.2. The van der Waals surface area contributed by atoms with E-state index in [-0.39, 0.29) is 22.7 Å². The highest BCUT2D eigenvalue weighted by Crippen LogP contribution is 2.27. The number of benzene rings is 4. The number of anilines is 2. The van der Waals surface area contributed by atoms with Crippen LogP contribution in [-0.4, -0.2) is 19.2 Å². The van der Waals surface area contributed by atoms with Crippen LogP contribution in [0.4, 0.5) is 17.1 Å². The van der Waals surface area contributed by atoms with Gasteiger partial charge in [-0.15, -0.1) is 0 Å². The van der Waals surface area contributed by atoms with E-state index in [2.05, 4.69) is 5.32 Å². The minimum Gasteiger partial charge on any atom is -0.322 e. The standard InChI is InChI=1S/C26H21N3O5S/c30-26(21-10-7-13-24(18-21)29(31)32)27-22-14-16-25(17-15-22)35(33,34)28(23-11-5-2-6-12-23)19-20-8-3-1-4-9-20/h1-18H,19H2,(H,27,30). The summed E-state index contributed by atoms with van der Waals surface area (Å²) in [5.74, 6) is -0.542. The lowest BCUT2D eigenvalue weighted by atomic mass is 10.2. The molecule has 0 aliphatic rings. The Labute approximate surface area is 202 Å². The van der Waals surface area contributed by atoms with E-state index in [4.69, 9.17) is 0 Å². The first-order valence-electron chi connectivity index (χ1n) is 10.6. The molecule has 0 radical (unpaired) electrons. The number of nitro benzene ring substituents is 1. The van der Waals surface area contributed by atoms with Gasteiger partial charge in [0.05, 0.1) is 22.1 Å². The number of carbonyl (C=O) groups excluding carboxylic acids is 1.